The topological polar surface area (TPSA) is 9.23 Å². The molecule has 0 aliphatic heterocycles. The highest BCUT2D eigenvalue weighted by atomic mass is 28.4. The summed E-state index contributed by atoms with van der Waals surface area (Å²) in [6.45, 7) is 15.9. The molecule has 0 spiro atoms. The summed E-state index contributed by atoms with van der Waals surface area (Å²) in [5, 5.41) is 2.69. The van der Waals surface area contributed by atoms with Gasteiger partial charge in [-0.2, -0.15) is 0 Å². The Labute approximate surface area is 166 Å². The standard InChI is InChI=1S/C25H34OSi/c1-7-14-21(2)19-22(3)20-26-27(25(4,5)6,23-15-10-8-11-16-23)24-17-12-9-13-18-24/h7-13,15-19,22H,1,14,20H2,2-6H3/b21-19-/t22-/m0/s1. The van der Waals surface area contributed by atoms with Crippen molar-refractivity contribution in [2.45, 2.75) is 46.1 Å². The maximum atomic E-state index is 6.98. The van der Waals surface area contributed by atoms with E-state index in [0.29, 0.717) is 5.92 Å². The first kappa shape index (κ1) is 21.4. The molecule has 2 aromatic rings. The highest BCUT2D eigenvalue weighted by Gasteiger charge is 2.50. The molecule has 0 aliphatic carbocycles. The Morgan fingerprint density at radius 1 is 1.00 bits per heavy atom. The van der Waals surface area contributed by atoms with Gasteiger partial charge in [0.1, 0.15) is 0 Å². The van der Waals surface area contributed by atoms with Crippen molar-refractivity contribution in [1.82, 2.24) is 0 Å². The molecule has 0 unspecified atom stereocenters. The lowest BCUT2D eigenvalue weighted by Gasteiger charge is -2.43. The van der Waals surface area contributed by atoms with Crippen LogP contribution in [0.25, 0.3) is 0 Å². The van der Waals surface area contributed by atoms with Gasteiger partial charge in [-0.3, -0.25) is 0 Å². The number of allylic oxidation sites excluding steroid dienone is 2. The largest absolute Gasteiger partial charge is 0.407 e. The molecule has 0 fully saturated rings. The van der Waals surface area contributed by atoms with Crippen molar-refractivity contribution >= 4 is 18.7 Å². The summed E-state index contributed by atoms with van der Waals surface area (Å²) in [7, 11) is -2.43. The maximum Gasteiger partial charge on any atom is 0.261 e. The first-order chi connectivity index (χ1) is 12.8. The average molecular weight is 379 g/mol. The minimum absolute atomic E-state index is 0.0231. The maximum absolute atomic E-state index is 6.98. The molecule has 0 amide bonds. The lowest BCUT2D eigenvalue weighted by atomic mass is 10.1. The van der Waals surface area contributed by atoms with Crippen LogP contribution in [0.4, 0.5) is 0 Å². The predicted molar refractivity (Wildman–Crippen MR) is 121 cm³/mol. The monoisotopic (exact) mass is 378 g/mol. The van der Waals surface area contributed by atoms with Crippen molar-refractivity contribution in [3.05, 3.63) is 85.0 Å². The fraction of sp³-hybridized carbons (Fsp3) is 0.360. The molecule has 0 saturated carbocycles. The molecule has 1 nitrogen and oxygen atoms in total. The smallest absolute Gasteiger partial charge is 0.261 e. The van der Waals surface area contributed by atoms with Crippen LogP contribution in [0.3, 0.4) is 0 Å². The normalized spacial score (nSPS) is 14.0. The molecular formula is C25H34OSi. The van der Waals surface area contributed by atoms with Gasteiger partial charge in [0.05, 0.1) is 0 Å². The number of benzene rings is 2. The van der Waals surface area contributed by atoms with Crippen LogP contribution in [0.15, 0.2) is 85.0 Å². The van der Waals surface area contributed by atoms with Crippen LogP contribution in [0.1, 0.15) is 41.0 Å². The predicted octanol–water partition coefficient (Wildman–Crippen LogP) is 5.72. The van der Waals surface area contributed by atoms with Crippen LogP contribution < -0.4 is 10.4 Å². The third-order valence-corrected chi connectivity index (χ3v) is 10.0. The van der Waals surface area contributed by atoms with Gasteiger partial charge in [-0.15, -0.1) is 6.58 Å². The number of rotatable bonds is 8. The third kappa shape index (κ3) is 5.09. The van der Waals surface area contributed by atoms with Gasteiger partial charge in [0.25, 0.3) is 8.32 Å². The van der Waals surface area contributed by atoms with Crippen molar-refractivity contribution in [1.29, 1.82) is 0 Å². The van der Waals surface area contributed by atoms with E-state index in [0.717, 1.165) is 13.0 Å². The van der Waals surface area contributed by atoms with Gasteiger partial charge in [0.2, 0.25) is 0 Å². The molecular weight excluding hydrogens is 344 g/mol. The molecule has 27 heavy (non-hydrogen) atoms. The van der Waals surface area contributed by atoms with E-state index in [-0.39, 0.29) is 5.04 Å². The van der Waals surface area contributed by atoms with Crippen molar-refractivity contribution in [3.8, 4) is 0 Å². The Bertz CT molecular complexity index is 701. The quantitative estimate of drug-likeness (QED) is 0.421. The summed E-state index contributed by atoms with van der Waals surface area (Å²) in [4.78, 5) is 0. The van der Waals surface area contributed by atoms with Crippen molar-refractivity contribution in [3.63, 3.8) is 0 Å². The van der Waals surface area contributed by atoms with Crippen molar-refractivity contribution in [2.24, 2.45) is 5.92 Å². The molecule has 144 valence electrons. The van der Waals surface area contributed by atoms with E-state index in [2.05, 4.69) is 108 Å². The van der Waals surface area contributed by atoms with Gasteiger partial charge < -0.3 is 4.43 Å². The zero-order valence-corrected chi connectivity index (χ0v) is 18.5. The van der Waals surface area contributed by atoms with E-state index in [1.54, 1.807) is 0 Å². The molecule has 0 radical (unpaired) electrons. The van der Waals surface area contributed by atoms with Crippen molar-refractivity contribution in [2.75, 3.05) is 6.61 Å². The highest BCUT2D eigenvalue weighted by Crippen LogP contribution is 2.37. The first-order valence-electron chi connectivity index (χ1n) is 9.84. The highest BCUT2D eigenvalue weighted by molar-refractivity contribution is 6.99. The van der Waals surface area contributed by atoms with Crippen LogP contribution in [0.2, 0.25) is 5.04 Å². The van der Waals surface area contributed by atoms with Crippen LogP contribution in [0, 0.1) is 5.92 Å². The van der Waals surface area contributed by atoms with E-state index in [1.165, 1.54) is 15.9 Å². The van der Waals surface area contributed by atoms with Crippen LogP contribution in [-0.2, 0) is 4.43 Å². The molecule has 0 aromatic heterocycles. The Morgan fingerprint density at radius 3 is 1.89 bits per heavy atom. The van der Waals surface area contributed by atoms with E-state index < -0.39 is 8.32 Å². The van der Waals surface area contributed by atoms with Gasteiger partial charge in [0.15, 0.2) is 0 Å². The van der Waals surface area contributed by atoms with Gasteiger partial charge in [-0.25, -0.2) is 0 Å². The van der Waals surface area contributed by atoms with E-state index in [9.17, 15) is 0 Å². The summed E-state index contributed by atoms with van der Waals surface area (Å²) in [6, 6.07) is 21.7. The lowest BCUT2D eigenvalue weighted by Crippen LogP contribution is -2.66. The van der Waals surface area contributed by atoms with E-state index >= 15 is 0 Å². The van der Waals surface area contributed by atoms with Crippen LogP contribution in [0.5, 0.6) is 0 Å². The Hall–Kier alpha value is -1.90. The Kier molecular flexibility index (Phi) is 7.40. The lowest BCUT2D eigenvalue weighted by molar-refractivity contribution is 0.267. The molecule has 2 heteroatoms. The zero-order chi connectivity index (χ0) is 19.9. The fourth-order valence-electron chi connectivity index (χ4n) is 3.85. The number of hydrogen-bond acceptors (Lipinski definition) is 1. The Balaban J connectivity index is 2.47. The van der Waals surface area contributed by atoms with Gasteiger partial charge in [0, 0.05) is 6.61 Å². The fourth-order valence-corrected chi connectivity index (χ4v) is 8.52. The van der Waals surface area contributed by atoms with E-state index in [4.69, 9.17) is 4.43 Å². The molecule has 0 aliphatic rings. The minimum Gasteiger partial charge on any atom is -0.407 e. The third-order valence-electron chi connectivity index (χ3n) is 5.01. The molecule has 2 rings (SSSR count). The van der Waals surface area contributed by atoms with Crippen molar-refractivity contribution < 1.29 is 4.43 Å². The van der Waals surface area contributed by atoms with Gasteiger partial charge >= 0.3 is 0 Å². The summed E-state index contributed by atoms with van der Waals surface area (Å²) < 4.78 is 6.98. The SMILES string of the molecule is C=CC/C(C)=C\[C@H](C)CO[Si](c1ccccc1)(c1ccccc1)C(C)(C)C. The summed E-state index contributed by atoms with van der Waals surface area (Å²) >= 11 is 0. The molecule has 0 saturated heterocycles. The molecule has 0 bridgehead atoms. The van der Waals surface area contributed by atoms with E-state index in [1.807, 2.05) is 6.08 Å². The molecule has 1 atom stereocenters. The first-order valence-corrected chi connectivity index (χ1v) is 11.8. The van der Waals surface area contributed by atoms with Crippen LogP contribution >= 0.6 is 0 Å². The molecule has 2 aromatic carbocycles. The zero-order valence-electron chi connectivity index (χ0n) is 17.5. The average Bonchev–Trinajstić information content (AvgIpc) is 2.63. The summed E-state index contributed by atoms with van der Waals surface area (Å²) in [5.41, 5.74) is 1.35. The molecule has 0 N–H and O–H groups in total. The van der Waals surface area contributed by atoms with Gasteiger partial charge in [-0.1, -0.05) is 106 Å². The molecule has 0 heterocycles. The summed E-state index contributed by atoms with van der Waals surface area (Å²) in [6.07, 6.45) is 5.21. The summed E-state index contributed by atoms with van der Waals surface area (Å²) in [5.74, 6) is 0.367. The second kappa shape index (κ2) is 9.34. The van der Waals surface area contributed by atoms with Crippen LogP contribution in [-0.4, -0.2) is 14.9 Å². The minimum atomic E-state index is -2.43. The second-order valence-electron chi connectivity index (χ2n) is 8.46. The second-order valence-corrected chi connectivity index (χ2v) is 12.8. The Morgan fingerprint density at radius 2 is 1.48 bits per heavy atom. The number of hydrogen-bond donors (Lipinski definition) is 0. The van der Waals surface area contributed by atoms with Gasteiger partial charge in [-0.05, 0) is 34.7 Å².